The Morgan fingerprint density at radius 1 is 0.851 bits per heavy atom. The number of rotatable bonds is 4. The minimum atomic E-state index is -1.72. The molecule has 4 saturated carbocycles. The molecule has 5 aliphatic carbocycles. The van der Waals surface area contributed by atoms with E-state index in [1.165, 1.54) is 0 Å². The monoisotopic (exact) mass is 666 g/mol. The number of esters is 1. The average Bonchev–Trinajstić information content (AvgIpc) is 3.02. The summed E-state index contributed by atoms with van der Waals surface area (Å²) in [5.41, 5.74) is -2.46. The molecule has 0 amide bonds. The van der Waals surface area contributed by atoms with Gasteiger partial charge in [-0.15, -0.1) is 0 Å². The highest BCUT2D eigenvalue weighted by Gasteiger charge is 2.72. The van der Waals surface area contributed by atoms with Gasteiger partial charge in [-0.2, -0.15) is 0 Å². The maximum atomic E-state index is 14.4. The number of aliphatic hydroxyl groups is 8. The number of allylic oxidation sites excluding steroid dienone is 1. The van der Waals surface area contributed by atoms with Crippen LogP contribution in [0.1, 0.15) is 92.9 Å². The highest BCUT2D eigenvalue weighted by Crippen LogP contribution is 2.75. The highest BCUT2D eigenvalue weighted by molar-refractivity contribution is 5.79. The molecule has 5 fully saturated rings. The summed E-state index contributed by atoms with van der Waals surface area (Å²) in [6.07, 6.45) is -3.62. The van der Waals surface area contributed by atoms with E-state index >= 15 is 0 Å². The Hall–Kier alpha value is -1.15. The van der Waals surface area contributed by atoms with Gasteiger partial charge in [0.25, 0.3) is 0 Å². The fourth-order valence-corrected chi connectivity index (χ4v) is 12.1. The van der Waals surface area contributed by atoms with Gasteiger partial charge in [-0.3, -0.25) is 4.79 Å². The SMILES string of the molecule is CC1(C)CC[C@]2(C(=O)O[C@@H]3O[C@H](CO)[C@@H](O)[C@H](O)[C@H]3O)CC[C@]3(C)C(=CC[C@H]4[C@@]5(C)C[C@@H](O)[C@H](O)[C@@](C)(CO)[C@@H]5CC[C@]43C)[C@@H]2[C@@H]1O. The van der Waals surface area contributed by atoms with E-state index in [4.69, 9.17) is 9.47 Å². The summed E-state index contributed by atoms with van der Waals surface area (Å²) in [5.74, 6) is -1.08. The van der Waals surface area contributed by atoms with Gasteiger partial charge >= 0.3 is 5.97 Å². The minimum absolute atomic E-state index is 0.00502. The maximum Gasteiger partial charge on any atom is 0.315 e. The summed E-state index contributed by atoms with van der Waals surface area (Å²) >= 11 is 0. The molecule has 0 radical (unpaired) electrons. The van der Waals surface area contributed by atoms with Gasteiger partial charge in [-0.05, 0) is 84.9 Å². The van der Waals surface area contributed by atoms with Crippen LogP contribution >= 0.6 is 0 Å². The van der Waals surface area contributed by atoms with Crippen LogP contribution in [0.5, 0.6) is 0 Å². The standard InChI is InChI=1S/C36H58O11/c1-31(2)11-13-36(30(45)47-29-26(42)25(41)24(40)20(16-37)46-29)14-12-34(5)18(23(36)28(31)44)7-8-22-32(3)15-19(39)27(43)33(4,17-38)21(32)9-10-35(22,34)6/h7,19-29,37-44H,8-17H2,1-6H3/t19-,20-,21-,22+,23-,24-,25+,26-,27+,28+,29+,32+,33+,34-,35-,36+/m1/s1. The van der Waals surface area contributed by atoms with Crippen LogP contribution in [-0.2, 0) is 14.3 Å². The van der Waals surface area contributed by atoms with Gasteiger partial charge < -0.3 is 50.3 Å². The molecule has 47 heavy (non-hydrogen) atoms. The van der Waals surface area contributed by atoms with Crippen molar-refractivity contribution >= 4 is 5.97 Å². The number of hydrogen-bond acceptors (Lipinski definition) is 11. The zero-order valence-corrected chi connectivity index (χ0v) is 28.8. The number of ether oxygens (including phenoxy) is 2. The summed E-state index contributed by atoms with van der Waals surface area (Å²) < 4.78 is 11.4. The fourth-order valence-electron chi connectivity index (χ4n) is 12.1. The summed E-state index contributed by atoms with van der Waals surface area (Å²) in [6, 6.07) is 0. The molecule has 6 aliphatic rings. The Morgan fingerprint density at radius 3 is 2.15 bits per heavy atom. The molecule has 1 heterocycles. The van der Waals surface area contributed by atoms with Gasteiger partial charge in [0, 0.05) is 11.3 Å². The Morgan fingerprint density at radius 2 is 1.51 bits per heavy atom. The molecular weight excluding hydrogens is 608 g/mol. The summed E-state index contributed by atoms with van der Waals surface area (Å²) in [7, 11) is 0. The second-order valence-corrected chi connectivity index (χ2v) is 17.8. The van der Waals surface area contributed by atoms with Crippen molar-refractivity contribution in [2.45, 2.75) is 142 Å². The lowest BCUT2D eigenvalue weighted by Gasteiger charge is -2.71. The van der Waals surface area contributed by atoms with E-state index in [-0.39, 0.29) is 29.3 Å². The molecule has 0 bridgehead atoms. The van der Waals surface area contributed by atoms with Crippen LogP contribution in [0.3, 0.4) is 0 Å². The number of fused-ring (bicyclic) bond motifs is 7. The van der Waals surface area contributed by atoms with Crippen LogP contribution in [0.15, 0.2) is 11.6 Å². The summed E-state index contributed by atoms with van der Waals surface area (Å²) in [6.45, 7) is 11.9. The smallest absolute Gasteiger partial charge is 0.315 e. The quantitative estimate of drug-likeness (QED) is 0.160. The van der Waals surface area contributed by atoms with Crippen LogP contribution in [0.25, 0.3) is 0 Å². The van der Waals surface area contributed by atoms with Crippen molar-refractivity contribution in [3.05, 3.63) is 11.6 Å². The van der Waals surface area contributed by atoms with Crippen molar-refractivity contribution in [2.75, 3.05) is 13.2 Å². The van der Waals surface area contributed by atoms with Crippen LogP contribution < -0.4 is 0 Å². The van der Waals surface area contributed by atoms with Crippen molar-refractivity contribution in [3.8, 4) is 0 Å². The van der Waals surface area contributed by atoms with E-state index in [0.29, 0.717) is 38.5 Å². The zero-order valence-electron chi connectivity index (χ0n) is 28.8. The van der Waals surface area contributed by atoms with Crippen molar-refractivity contribution in [2.24, 2.45) is 50.2 Å². The predicted octanol–water partition coefficient (Wildman–Crippen LogP) is 1.41. The Kier molecular flexibility index (Phi) is 8.68. The van der Waals surface area contributed by atoms with E-state index in [9.17, 15) is 45.6 Å². The minimum Gasteiger partial charge on any atom is -0.432 e. The molecule has 1 saturated heterocycles. The van der Waals surface area contributed by atoms with Crippen LogP contribution in [0.4, 0.5) is 0 Å². The van der Waals surface area contributed by atoms with Gasteiger partial charge in [0.2, 0.25) is 6.29 Å². The molecule has 268 valence electrons. The van der Waals surface area contributed by atoms with E-state index in [1.807, 2.05) is 20.8 Å². The van der Waals surface area contributed by atoms with Crippen LogP contribution in [0, 0.1) is 50.2 Å². The van der Waals surface area contributed by atoms with Crippen molar-refractivity contribution in [1.82, 2.24) is 0 Å². The first kappa shape index (κ1) is 35.7. The van der Waals surface area contributed by atoms with Crippen molar-refractivity contribution in [1.29, 1.82) is 0 Å². The Balaban J connectivity index is 1.39. The zero-order chi connectivity index (χ0) is 34.7. The number of aliphatic hydroxyl groups excluding tert-OH is 8. The van der Waals surface area contributed by atoms with Gasteiger partial charge in [-0.25, -0.2) is 0 Å². The fraction of sp³-hybridized carbons (Fsp3) is 0.917. The number of carbonyl (C=O) groups is 1. The molecule has 11 heteroatoms. The van der Waals surface area contributed by atoms with Gasteiger partial charge in [0.05, 0.1) is 36.9 Å². The summed E-state index contributed by atoms with van der Waals surface area (Å²) in [5, 5.41) is 85.9. The molecular formula is C36H58O11. The second-order valence-electron chi connectivity index (χ2n) is 17.8. The molecule has 0 unspecified atom stereocenters. The lowest BCUT2D eigenvalue weighted by molar-refractivity contribution is -0.298. The van der Waals surface area contributed by atoms with E-state index in [1.54, 1.807) is 0 Å². The maximum absolute atomic E-state index is 14.4. The predicted molar refractivity (Wildman–Crippen MR) is 169 cm³/mol. The second kappa shape index (κ2) is 11.4. The molecule has 0 aromatic carbocycles. The first-order valence-electron chi connectivity index (χ1n) is 17.7. The van der Waals surface area contributed by atoms with Crippen molar-refractivity contribution < 1.29 is 55.1 Å². The molecule has 16 atom stereocenters. The third kappa shape index (κ3) is 4.67. The largest absolute Gasteiger partial charge is 0.432 e. The van der Waals surface area contributed by atoms with Crippen LogP contribution in [-0.4, -0.2) is 109 Å². The van der Waals surface area contributed by atoms with Crippen molar-refractivity contribution in [3.63, 3.8) is 0 Å². The normalized spacial score (nSPS) is 55.4. The molecule has 8 N–H and O–H groups in total. The third-order valence-corrected chi connectivity index (χ3v) is 15.4. The third-order valence-electron chi connectivity index (χ3n) is 15.4. The molecule has 6 rings (SSSR count). The van der Waals surface area contributed by atoms with Gasteiger partial charge in [0.15, 0.2) is 0 Å². The van der Waals surface area contributed by atoms with Crippen LogP contribution in [0.2, 0.25) is 0 Å². The molecule has 1 aliphatic heterocycles. The van der Waals surface area contributed by atoms with Gasteiger partial charge in [-0.1, -0.05) is 53.2 Å². The average molecular weight is 667 g/mol. The number of hydrogen-bond donors (Lipinski definition) is 8. The van der Waals surface area contributed by atoms with Gasteiger partial charge in [0.1, 0.15) is 24.4 Å². The summed E-state index contributed by atoms with van der Waals surface area (Å²) in [4.78, 5) is 14.4. The first-order valence-corrected chi connectivity index (χ1v) is 17.7. The van der Waals surface area contributed by atoms with E-state index < -0.39 is 89.2 Å². The first-order chi connectivity index (χ1) is 21.8. The van der Waals surface area contributed by atoms with E-state index in [2.05, 4.69) is 26.8 Å². The lowest BCUT2D eigenvalue weighted by Crippen LogP contribution is -2.69. The lowest BCUT2D eigenvalue weighted by atomic mass is 9.33. The Bertz CT molecular complexity index is 1270. The highest BCUT2D eigenvalue weighted by atomic mass is 16.7. The van der Waals surface area contributed by atoms with E-state index in [0.717, 1.165) is 18.4 Å². The number of carbonyl (C=O) groups excluding carboxylic acids is 1. The molecule has 0 aromatic rings. The topological polar surface area (TPSA) is 197 Å². The Labute approximate surface area is 278 Å². The molecule has 0 aromatic heterocycles. The molecule has 11 nitrogen and oxygen atoms in total. The molecule has 0 spiro atoms.